The summed E-state index contributed by atoms with van der Waals surface area (Å²) in [5, 5.41) is 3.55. The Morgan fingerprint density at radius 3 is 2.63 bits per heavy atom. The van der Waals surface area contributed by atoms with Crippen LogP contribution in [0, 0.1) is 0 Å². The maximum Gasteiger partial charge on any atom is 0.119 e. The molecule has 1 N–H and O–H groups in total. The Balaban J connectivity index is 0.00000180. The van der Waals surface area contributed by atoms with Gasteiger partial charge < -0.3 is 10.1 Å². The van der Waals surface area contributed by atoms with Gasteiger partial charge in [0, 0.05) is 6.04 Å². The molecule has 19 heavy (non-hydrogen) atoms. The standard InChI is InChI=1S/C16H25NO.ClH/c1-2-5-14-7-9-16(10-8-14)18-13-11-15-6-3-4-12-17-15;/h7-10,15,17H,2-6,11-13H2,1H3;1H. The zero-order valence-electron chi connectivity index (χ0n) is 11.9. The molecule has 1 atom stereocenters. The van der Waals surface area contributed by atoms with E-state index in [0.29, 0.717) is 6.04 Å². The predicted octanol–water partition coefficient (Wildman–Crippen LogP) is 3.97. The molecule has 0 bridgehead atoms. The van der Waals surface area contributed by atoms with Gasteiger partial charge in [0.15, 0.2) is 0 Å². The summed E-state index contributed by atoms with van der Waals surface area (Å²) in [4.78, 5) is 0. The second-order valence-corrected chi connectivity index (χ2v) is 5.18. The van der Waals surface area contributed by atoms with E-state index >= 15 is 0 Å². The first-order valence-electron chi connectivity index (χ1n) is 7.33. The van der Waals surface area contributed by atoms with Gasteiger partial charge in [-0.3, -0.25) is 0 Å². The normalized spacial score (nSPS) is 18.7. The van der Waals surface area contributed by atoms with Crippen LogP contribution in [0.3, 0.4) is 0 Å². The number of benzene rings is 1. The van der Waals surface area contributed by atoms with Crippen LogP contribution in [-0.2, 0) is 6.42 Å². The third-order valence-electron chi connectivity index (χ3n) is 3.61. The van der Waals surface area contributed by atoms with Gasteiger partial charge in [0.05, 0.1) is 6.61 Å². The third kappa shape index (κ3) is 5.84. The van der Waals surface area contributed by atoms with E-state index in [4.69, 9.17) is 4.74 Å². The highest BCUT2D eigenvalue weighted by Gasteiger charge is 2.11. The number of piperidine rings is 1. The molecular formula is C16H26ClNO. The lowest BCUT2D eigenvalue weighted by Crippen LogP contribution is -2.35. The van der Waals surface area contributed by atoms with Gasteiger partial charge in [-0.1, -0.05) is 31.9 Å². The number of rotatable bonds is 6. The molecule has 1 aromatic rings. The smallest absolute Gasteiger partial charge is 0.119 e. The van der Waals surface area contributed by atoms with Crippen molar-refractivity contribution in [1.82, 2.24) is 5.32 Å². The summed E-state index contributed by atoms with van der Waals surface area (Å²) in [6.07, 6.45) is 7.48. The maximum absolute atomic E-state index is 5.80. The lowest BCUT2D eigenvalue weighted by atomic mass is 10.0. The minimum absolute atomic E-state index is 0. The zero-order chi connectivity index (χ0) is 12.6. The Kier molecular flexibility index (Phi) is 7.92. The fourth-order valence-electron chi connectivity index (χ4n) is 2.53. The average Bonchev–Trinajstić information content (AvgIpc) is 2.42. The highest BCUT2D eigenvalue weighted by molar-refractivity contribution is 5.85. The van der Waals surface area contributed by atoms with Gasteiger partial charge in [-0.2, -0.15) is 0 Å². The van der Waals surface area contributed by atoms with Gasteiger partial charge in [-0.15, -0.1) is 12.4 Å². The van der Waals surface area contributed by atoms with Crippen LogP contribution in [0.15, 0.2) is 24.3 Å². The van der Waals surface area contributed by atoms with E-state index in [0.717, 1.165) is 25.2 Å². The van der Waals surface area contributed by atoms with Crippen molar-refractivity contribution in [3.63, 3.8) is 0 Å². The van der Waals surface area contributed by atoms with E-state index in [-0.39, 0.29) is 12.4 Å². The number of nitrogens with one attached hydrogen (secondary N) is 1. The Hall–Kier alpha value is -0.730. The molecule has 2 nitrogen and oxygen atoms in total. The lowest BCUT2D eigenvalue weighted by molar-refractivity contribution is 0.268. The van der Waals surface area contributed by atoms with E-state index in [1.165, 1.54) is 37.8 Å². The quantitative estimate of drug-likeness (QED) is 0.853. The molecule has 1 unspecified atom stereocenters. The topological polar surface area (TPSA) is 21.3 Å². The van der Waals surface area contributed by atoms with E-state index in [1.54, 1.807) is 0 Å². The number of halogens is 1. The Labute approximate surface area is 123 Å². The molecule has 1 aromatic carbocycles. The average molecular weight is 284 g/mol. The minimum atomic E-state index is 0. The summed E-state index contributed by atoms with van der Waals surface area (Å²) in [5.41, 5.74) is 1.40. The number of hydrogen-bond donors (Lipinski definition) is 1. The molecule has 2 rings (SSSR count). The second kappa shape index (κ2) is 9.22. The third-order valence-corrected chi connectivity index (χ3v) is 3.61. The molecule has 0 aromatic heterocycles. The summed E-state index contributed by atoms with van der Waals surface area (Å²) in [7, 11) is 0. The van der Waals surface area contributed by atoms with Crippen LogP contribution in [0.2, 0.25) is 0 Å². The molecule has 1 heterocycles. The van der Waals surface area contributed by atoms with Crippen LogP contribution in [0.25, 0.3) is 0 Å². The molecule has 1 saturated heterocycles. The zero-order valence-corrected chi connectivity index (χ0v) is 12.7. The molecule has 0 aliphatic carbocycles. The van der Waals surface area contributed by atoms with Crippen molar-refractivity contribution in [2.24, 2.45) is 0 Å². The van der Waals surface area contributed by atoms with Crippen molar-refractivity contribution in [2.75, 3.05) is 13.2 Å². The van der Waals surface area contributed by atoms with Crippen LogP contribution in [-0.4, -0.2) is 19.2 Å². The largest absolute Gasteiger partial charge is 0.494 e. The number of aryl methyl sites for hydroxylation is 1. The van der Waals surface area contributed by atoms with Crippen molar-refractivity contribution in [3.8, 4) is 5.75 Å². The first-order chi connectivity index (χ1) is 8.88. The van der Waals surface area contributed by atoms with E-state index < -0.39 is 0 Å². The van der Waals surface area contributed by atoms with Crippen LogP contribution < -0.4 is 10.1 Å². The monoisotopic (exact) mass is 283 g/mol. The Morgan fingerprint density at radius 1 is 1.21 bits per heavy atom. The first-order valence-corrected chi connectivity index (χ1v) is 7.33. The van der Waals surface area contributed by atoms with Crippen molar-refractivity contribution in [3.05, 3.63) is 29.8 Å². The van der Waals surface area contributed by atoms with Gasteiger partial charge in [0.1, 0.15) is 5.75 Å². The fraction of sp³-hybridized carbons (Fsp3) is 0.625. The minimum Gasteiger partial charge on any atom is -0.494 e. The molecule has 0 saturated carbocycles. The Bertz CT molecular complexity index is 333. The van der Waals surface area contributed by atoms with E-state index in [1.807, 2.05) is 0 Å². The molecule has 108 valence electrons. The summed E-state index contributed by atoms with van der Waals surface area (Å²) >= 11 is 0. The highest BCUT2D eigenvalue weighted by Crippen LogP contribution is 2.15. The SMILES string of the molecule is CCCc1ccc(OCCC2CCCCN2)cc1.Cl. The maximum atomic E-state index is 5.80. The Morgan fingerprint density at radius 2 is 2.00 bits per heavy atom. The second-order valence-electron chi connectivity index (χ2n) is 5.18. The van der Waals surface area contributed by atoms with Gasteiger partial charge in [0.25, 0.3) is 0 Å². The van der Waals surface area contributed by atoms with Crippen molar-refractivity contribution < 1.29 is 4.74 Å². The molecule has 0 spiro atoms. The summed E-state index contributed by atoms with van der Waals surface area (Å²) in [5.74, 6) is 1.01. The molecular weight excluding hydrogens is 258 g/mol. The number of ether oxygens (including phenoxy) is 1. The van der Waals surface area contributed by atoms with Crippen molar-refractivity contribution in [1.29, 1.82) is 0 Å². The summed E-state index contributed by atoms with van der Waals surface area (Å²) < 4.78 is 5.80. The summed E-state index contributed by atoms with van der Waals surface area (Å²) in [6.45, 7) is 4.21. The lowest BCUT2D eigenvalue weighted by Gasteiger charge is -2.23. The number of hydrogen-bond acceptors (Lipinski definition) is 2. The molecule has 1 aliphatic heterocycles. The van der Waals surface area contributed by atoms with E-state index in [2.05, 4.69) is 36.5 Å². The highest BCUT2D eigenvalue weighted by atomic mass is 35.5. The van der Waals surface area contributed by atoms with Crippen LogP contribution in [0.4, 0.5) is 0 Å². The van der Waals surface area contributed by atoms with Gasteiger partial charge in [-0.25, -0.2) is 0 Å². The molecule has 1 aliphatic rings. The molecule has 0 radical (unpaired) electrons. The first kappa shape index (κ1) is 16.3. The summed E-state index contributed by atoms with van der Waals surface area (Å²) in [6, 6.07) is 9.21. The van der Waals surface area contributed by atoms with Gasteiger partial charge in [0.2, 0.25) is 0 Å². The molecule has 0 amide bonds. The molecule has 1 fully saturated rings. The van der Waals surface area contributed by atoms with Gasteiger partial charge >= 0.3 is 0 Å². The van der Waals surface area contributed by atoms with Crippen LogP contribution in [0.1, 0.15) is 44.6 Å². The fourth-order valence-corrected chi connectivity index (χ4v) is 2.53. The molecule has 3 heteroatoms. The van der Waals surface area contributed by atoms with E-state index in [9.17, 15) is 0 Å². The van der Waals surface area contributed by atoms with Crippen molar-refractivity contribution >= 4 is 12.4 Å². The van der Waals surface area contributed by atoms with Crippen molar-refractivity contribution in [2.45, 2.75) is 51.5 Å². The van der Waals surface area contributed by atoms with Crippen LogP contribution in [0.5, 0.6) is 5.75 Å². The van der Waals surface area contributed by atoms with Gasteiger partial charge in [-0.05, 0) is 49.9 Å². The van der Waals surface area contributed by atoms with Crippen LogP contribution >= 0.6 is 12.4 Å². The predicted molar refractivity (Wildman–Crippen MR) is 83.4 cm³/mol.